The first kappa shape index (κ1) is 28.2. The van der Waals surface area contributed by atoms with Gasteiger partial charge < -0.3 is 5.73 Å². The quantitative estimate of drug-likeness (QED) is 0.326. The van der Waals surface area contributed by atoms with Gasteiger partial charge in [0.15, 0.2) is 14.6 Å². The lowest BCUT2D eigenvalue weighted by molar-refractivity contribution is 0.440. The van der Waals surface area contributed by atoms with Gasteiger partial charge in [-0.3, -0.25) is 0 Å². The molecule has 1 aliphatic heterocycles. The van der Waals surface area contributed by atoms with Crippen LogP contribution in [0.5, 0.6) is 0 Å². The van der Waals surface area contributed by atoms with E-state index in [0.717, 1.165) is 0 Å². The molecule has 0 aromatic heterocycles. The third kappa shape index (κ3) is 5.12. The summed E-state index contributed by atoms with van der Waals surface area (Å²) >= 11 is 6.06. The highest BCUT2D eigenvalue weighted by Gasteiger charge is 2.56. The molecule has 4 N–H and O–H groups in total. The second kappa shape index (κ2) is 10.6. The van der Waals surface area contributed by atoms with Crippen LogP contribution < -0.4 is 10.9 Å². The van der Waals surface area contributed by atoms with Crippen LogP contribution >= 0.6 is 11.6 Å². The Morgan fingerprint density at radius 3 is 2.23 bits per heavy atom. The lowest BCUT2D eigenvalue weighted by atomic mass is 9.89. The molecular weight excluding hydrogens is 577 g/mol. The summed E-state index contributed by atoms with van der Waals surface area (Å²) in [4.78, 5) is 4.52. The summed E-state index contributed by atoms with van der Waals surface area (Å²) in [5.41, 5.74) is 7.35. The average molecular weight is 604 g/mol. The highest BCUT2D eigenvalue weighted by Crippen LogP contribution is 2.44. The first-order valence-corrected chi connectivity index (χ1v) is 15.9. The second-order valence-electron chi connectivity index (χ2n) is 9.83. The van der Waals surface area contributed by atoms with Crippen LogP contribution in [0.4, 0.5) is 4.39 Å². The number of benzene rings is 3. The molecule has 0 radical (unpaired) electrons. The van der Waals surface area contributed by atoms with E-state index in [1.54, 1.807) is 30.3 Å². The molecule has 0 amide bonds. The molecule has 0 saturated heterocycles. The lowest BCUT2D eigenvalue weighted by Crippen LogP contribution is -2.48. The number of rotatable bonds is 6. The number of hydrogen-bond donors (Lipinski definition) is 2. The van der Waals surface area contributed by atoms with Crippen LogP contribution in [0.3, 0.4) is 0 Å². The highest BCUT2D eigenvalue weighted by atomic mass is 35.5. The van der Waals surface area contributed by atoms with Crippen molar-refractivity contribution < 1.29 is 21.2 Å². The molecule has 0 spiro atoms. The molecule has 1 fully saturated rings. The number of halogens is 2. The van der Waals surface area contributed by atoms with Crippen molar-refractivity contribution in [2.24, 2.45) is 21.0 Å². The molecule has 9 nitrogen and oxygen atoms in total. The molecule has 3 aromatic carbocycles. The zero-order valence-electron chi connectivity index (χ0n) is 21.2. The molecule has 40 heavy (non-hydrogen) atoms. The Kier molecular flexibility index (Phi) is 7.47. The molecule has 13 heteroatoms. The van der Waals surface area contributed by atoms with Gasteiger partial charge >= 0.3 is 0 Å². The molecule has 1 unspecified atom stereocenters. The molecule has 5 rings (SSSR count). The van der Waals surface area contributed by atoms with E-state index in [4.69, 9.17) is 22.5 Å². The maximum atomic E-state index is 14.6. The third-order valence-electron chi connectivity index (χ3n) is 7.32. The minimum absolute atomic E-state index is 0.0136. The predicted octanol–water partition coefficient (Wildman–Crippen LogP) is 3.39. The maximum absolute atomic E-state index is 14.6. The van der Waals surface area contributed by atoms with Crippen molar-refractivity contribution >= 4 is 43.1 Å². The van der Waals surface area contributed by atoms with Gasteiger partial charge in [0.2, 0.25) is 16.0 Å². The lowest BCUT2D eigenvalue weighted by Gasteiger charge is -2.31. The first-order valence-electron chi connectivity index (χ1n) is 12.4. The van der Waals surface area contributed by atoms with Crippen molar-refractivity contribution in [2.75, 3.05) is 6.54 Å². The largest absolute Gasteiger partial charge is 0.368 e. The fraction of sp³-hybridized carbons (Fsp3) is 0.259. The van der Waals surface area contributed by atoms with Gasteiger partial charge in [-0.1, -0.05) is 54.1 Å². The van der Waals surface area contributed by atoms with E-state index in [0.29, 0.717) is 29.0 Å². The van der Waals surface area contributed by atoms with Gasteiger partial charge in [-0.15, -0.1) is 0 Å². The number of hydrogen-bond acceptors (Lipinski definition) is 6. The Hall–Kier alpha value is -3.32. The Morgan fingerprint density at radius 2 is 1.62 bits per heavy atom. The fourth-order valence-electron chi connectivity index (χ4n) is 5.26. The third-order valence-corrected chi connectivity index (χ3v) is 11.3. The molecule has 1 aliphatic carbocycles. The predicted molar refractivity (Wildman–Crippen MR) is 153 cm³/mol. The van der Waals surface area contributed by atoms with Gasteiger partial charge in [0, 0.05) is 10.6 Å². The Labute approximate surface area is 237 Å². The van der Waals surface area contributed by atoms with E-state index in [1.807, 2.05) is 0 Å². The Morgan fingerprint density at radius 1 is 0.975 bits per heavy atom. The minimum atomic E-state index is -4.23. The summed E-state index contributed by atoms with van der Waals surface area (Å²) in [6, 6.07) is 19.4. The minimum Gasteiger partial charge on any atom is -0.368 e. The first-order chi connectivity index (χ1) is 18.9. The number of nitrogens with zero attached hydrogens (tertiary/aromatic N) is 3. The number of sulfone groups is 1. The zero-order chi connectivity index (χ0) is 28.7. The monoisotopic (exact) mass is 603 g/mol. The summed E-state index contributed by atoms with van der Waals surface area (Å²) in [7, 11) is -7.95. The molecule has 1 heterocycles. The molecule has 210 valence electrons. The van der Waals surface area contributed by atoms with E-state index in [-0.39, 0.29) is 29.5 Å². The van der Waals surface area contributed by atoms with Crippen molar-refractivity contribution in [1.29, 1.82) is 0 Å². The van der Waals surface area contributed by atoms with Crippen molar-refractivity contribution in [3.05, 3.63) is 101 Å². The van der Waals surface area contributed by atoms with Gasteiger partial charge in [0.25, 0.3) is 0 Å². The summed E-state index contributed by atoms with van der Waals surface area (Å²) in [6.45, 7) is -0.227. The topological polar surface area (TPSA) is 148 Å². The normalized spacial score (nSPS) is 23.8. The van der Waals surface area contributed by atoms with Gasteiger partial charge in [-0.2, -0.15) is 5.10 Å². The summed E-state index contributed by atoms with van der Waals surface area (Å²) in [5, 5.41) is 10.9. The van der Waals surface area contributed by atoms with Crippen LogP contribution in [-0.2, 0) is 24.6 Å². The van der Waals surface area contributed by atoms with Crippen molar-refractivity contribution in [1.82, 2.24) is 5.01 Å². The van der Waals surface area contributed by atoms with Crippen LogP contribution in [0.15, 0.2) is 93.9 Å². The zero-order valence-corrected chi connectivity index (χ0v) is 23.6. The molecule has 3 aromatic rings. The molecular formula is C27H27ClFN5O4S2. The molecule has 1 saturated carbocycles. The van der Waals surface area contributed by atoms with Gasteiger partial charge in [0.1, 0.15) is 5.82 Å². The van der Waals surface area contributed by atoms with Crippen LogP contribution in [0.1, 0.15) is 30.4 Å². The summed E-state index contributed by atoms with van der Waals surface area (Å²) in [6.07, 6.45) is 1.01. The highest BCUT2D eigenvalue weighted by molar-refractivity contribution is 7.93. The van der Waals surface area contributed by atoms with Gasteiger partial charge in [-0.05, 0) is 61.2 Å². The number of guanidine groups is 1. The van der Waals surface area contributed by atoms with E-state index >= 15 is 0 Å². The Balaban J connectivity index is 1.66. The van der Waals surface area contributed by atoms with E-state index in [9.17, 15) is 21.2 Å². The van der Waals surface area contributed by atoms with Crippen LogP contribution in [0, 0.1) is 5.82 Å². The number of nitrogens with two attached hydrogens (primary N) is 2. The van der Waals surface area contributed by atoms with Crippen molar-refractivity contribution in [3.8, 4) is 0 Å². The van der Waals surface area contributed by atoms with Gasteiger partial charge in [-0.25, -0.2) is 36.4 Å². The number of primary sulfonamides is 1. The maximum Gasteiger partial charge on any atom is 0.212 e. The SMILES string of the molecule is NC(=N[C@@H]1CC[C@H](S(N)(=O)=O)C1)N1CC(c2ccccc2)(S(=O)(=O)c2ccc(Cl)cc2)C(c2ccc(F)cc2)=N1. The van der Waals surface area contributed by atoms with Gasteiger partial charge in [0.05, 0.1) is 28.4 Å². The molecule has 3 atom stereocenters. The summed E-state index contributed by atoms with van der Waals surface area (Å²) in [5.74, 6) is -0.555. The fourth-order valence-corrected chi connectivity index (χ4v) is 8.39. The smallest absolute Gasteiger partial charge is 0.212 e. The standard InChI is InChI=1S/C27H27ClFN5O4S2/c28-20-8-13-23(14-9-20)39(35,36)27(19-4-2-1-3-5-19)17-34(33-25(27)18-6-10-21(29)11-7-18)26(30)32-22-12-15-24(16-22)40(31,37)38/h1-11,13-14,22,24H,12,15-17H2,(H2,30,32)(H2,31,37,38)/t22-,24+,27?/m1/s1. The van der Waals surface area contributed by atoms with E-state index in [2.05, 4.69) is 10.1 Å². The number of hydrazone groups is 1. The van der Waals surface area contributed by atoms with Crippen LogP contribution in [-0.4, -0.2) is 51.4 Å². The van der Waals surface area contributed by atoms with Crippen molar-refractivity contribution in [3.63, 3.8) is 0 Å². The molecule has 0 bridgehead atoms. The van der Waals surface area contributed by atoms with E-state index < -0.39 is 41.7 Å². The molecule has 2 aliphatic rings. The number of sulfonamides is 1. The van der Waals surface area contributed by atoms with Crippen LogP contribution in [0.2, 0.25) is 5.02 Å². The second-order valence-corrected chi connectivity index (χ2v) is 14.3. The Bertz CT molecular complexity index is 1680. The average Bonchev–Trinajstić information content (AvgIpc) is 3.56. The van der Waals surface area contributed by atoms with Crippen molar-refractivity contribution in [2.45, 2.75) is 40.2 Å². The van der Waals surface area contributed by atoms with Crippen LogP contribution in [0.25, 0.3) is 0 Å². The summed E-state index contributed by atoms with van der Waals surface area (Å²) < 4.78 is 65.0. The number of aliphatic imine (C=N–C) groups is 1. The van der Waals surface area contributed by atoms with E-state index in [1.165, 1.54) is 53.5 Å².